The van der Waals surface area contributed by atoms with E-state index < -0.39 is 0 Å². The van der Waals surface area contributed by atoms with Crippen molar-refractivity contribution >= 4 is 21.8 Å². The normalized spacial score (nSPS) is 10.3. The monoisotopic (exact) mass is 258 g/mol. The fourth-order valence-electron chi connectivity index (χ4n) is 1.37. The number of carbonyl (C=O) groups excluding carboxylic acids is 1. The molecule has 0 fully saturated rings. The first-order chi connectivity index (χ1) is 6.56. The lowest BCUT2D eigenvalue weighted by Gasteiger charge is -2.16. The summed E-state index contributed by atoms with van der Waals surface area (Å²) in [5.41, 5.74) is 0.716. The van der Waals surface area contributed by atoms with Crippen molar-refractivity contribution in [3.05, 3.63) is 22.4 Å². The summed E-state index contributed by atoms with van der Waals surface area (Å²) in [5, 5.41) is 0. The van der Waals surface area contributed by atoms with Crippen molar-refractivity contribution in [2.75, 3.05) is 13.6 Å². The summed E-state index contributed by atoms with van der Waals surface area (Å²) in [4.78, 5) is 13.6. The largest absolute Gasteiger partial charge is 0.345 e. The number of rotatable bonds is 3. The lowest BCUT2D eigenvalue weighted by molar-refractivity contribution is 0.0786. The second-order valence-corrected chi connectivity index (χ2v) is 4.30. The van der Waals surface area contributed by atoms with Crippen molar-refractivity contribution in [1.29, 1.82) is 0 Å². The van der Waals surface area contributed by atoms with Gasteiger partial charge in [-0.1, -0.05) is 6.92 Å². The molecule has 1 heterocycles. The van der Waals surface area contributed by atoms with E-state index in [-0.39, 0.29) is 5.91 Å². The van der Waals surface area contributed by atoms with Gasteiger partial charge >= 0.3 is 0 Å². The minimum Gasteiger partial charge on any atom is -0.345 e. The molecule has 1 aromatic rings. The molecule has 0 N–H and O–H groups in total. The van der Waals surface area contributed by atoms with Gasteiger partial charge in [0.05, 0.1) is 0 Å². The van der Waals surface area contributed by atoms with Crippen molar-refractivity contribution in [2.45, 2.75) is 13.3 Å². The van der Waals surface area contributed by atoms with E-state index in [0.717, 1.165) is 17.4 Å². The number of hydrogen-bond donors (Lipinski definition) is 0. The molecule has 1 aromatic heterocycles. The molecule has 0 atom stereocenters. The molecule has 0 aliphatic carbocycles. The van der Waals surface area contributed by atoms with Crippen LogP contribution in [0.25, 0.3) is 0 Å². The van der Waals surface area contributed by atoms with Crippen LogP contribution in [-0.4, -0.2) is 29.0 Å². The zero-order chi connectivity index (χ0) is 10.7. The predicted octanol–water partition coefficient (Wildman–Crippen LogP) is 2.27. The van der Waals surface area contributed by atoms with Gasteiger partial charge in [0, 0.05) is 31.3 Å². The van der Waals surface area contributed by atoms with E-state index in [9.17, 15) is 4.79 Å². The SMILES string of the molecule is CCCN(C)C(=O)c1cc(Br)cn1C. The average Bonchev–Trinajstić information content (AvgIpc) is 2.44. The van der Waals surface area contributed by atoms with Crippen LogP contribution in [0.4, 0.5) is 0 Å². The highest BCUT2D eigenvalue weighted by molar-refractivity contribution is 9.10. The molecule has 78 valence electrons. The second kappa shape index (κ2) is 4.64. The van der Waals surface area contributed by atoms with Gasteiger partial charge in [0.1, 0.15) is 5.69 Å². The van der Waals surface area contributed by atoms with E-state index in [4.69, 9.17) is 0 Å². The Labute approximate surface area is 92.8 Å². The molecule has 1 amide bonds. The van der Waals surface area contributed by atoms with Crippen LogP contribution in [0.3, 0.4) is 0 Å². The average molecular weight is 259 g/mol. The van der Waals surface area contributed by atoms with Crippen molar-refractivity contribution in [1.82, 2.24) is 9.47 Å². The Morgan fingerprint density at radius 3 is 2.71 bits per heavy atom. The Kier molecular flexibility index (Phi) is 3.75. The van der Waals surface area contributed by atoms with Gasteiger partial charge in [-0.3, -0.25) is 4.79 Å². The summed E-state index contributed by atoms with van der Waals surface area (Å²) in [7, 11) is 3.70. The number of aryl methyl sites for hydroxylation is 1. The smallest absolute Gasteiger partial charge is 0.270 e. The van der Waals surface area contributed by atoms with Crippen LogP contribution < -0.4 is 0 Å². The third kappa shape index (κ3) is 2.38. The molecule has 14 heavy (non-hydrogen) atoms. The summed E-state index contributed by atoms with van der Waals surface area (Å²) in [6.07, 6.45) is 2.86. The van der Waals surface area contributed by atoms with Gasteiger partial charge in [-0.25, -0.2) is 0 Å². The summed E-state index contributed by atoms with van der Waals surface area (Å²) in [6, 6.07) is 1.84. The van der Waals surface area contributed by atoms with Crippen LogP contribution in [0.2, 0.25) is 0 Å². The molecule has 0 saturated carbocycles. The molecule has 3 nitrogen and oxygen atoms in total. The summed E-state index contributed by atoms with van der Waals surface area (Å²) >= 11 is 3.35. The number of amides is 1. The summed E-state index contributed by atoms with van der Waals surface area (Å²) in [6.45, 7) is 2.85. The Bertz CT molecular complexity index is 333. The quantitative estimate of drug-likeness (QED) is 0.817. The Balaban J connectivity index is 2.83. The Morgan fingerprint density at radius 2 is 2.29 bits per heavy atom. The highest BCUT2D eigenvalue weighted by atomic mass is 79.9. The molecular formula is C10H15BrN2O. The molecular weight excluding hydrogens is 244 g/mol. The molecule has 0 aliphatic rings. The number of nitrogens with zero attached hydrogens (tertiary/aromatic N) is 2. The maximum Gasteiger partial charge on any atom is 0.270 e. The molecule has 0 aliphatic heterocycles. The first kappa shape index (κ1) is 11.3. The molecule has 0 radical (unpaired) electrons. The van der Waals surface area contributed by atoms with Crippen molar-refractivity contribution in [2.24, 2.45) is 7.05 Å². The van der Waals surface area contributed by atoms with Gasteiger partial charge in [0.2, 0.25) is 0 Å². The molecule has 4 heteroatoms. The van der Waals surface area contributed by atoms with E-state index in [0.29, 0.717) is 5.69 Å². The zero-order valence-electron chi connectivity index (χ0n) is 8.75. The van der Waals surface area contributed by atoms with E-state index in [1.54, 1.807) is 4.90 Å². The lowest BCUT2D eigenvalue weighted by Crippen LogP contribution is -2.28. The van der Waals surface area contributed by atoms with E-state index in [1.807, 2.05) is 30.9 Å². The Morgan fingerprint density at radius 1 is 1.64 bits per heavy atom. The van der Waals surface area contributed by atoms with Crippen LogP contribution in [-0.2, 0) is 7.05 Å². The standard InChI is InChI=1S/C10H15BrN2O/c1-4-5-12(2)10(14)9-6-8(11)7-13(9)3/h6-7H,4-5H2,1-3H3. The summed E-state index contributed by atoms with van der Waals surface area (Å²) < 4.78 is 2.77. The number of aromatic nitrogens is 1. The third-order valence-electron chi connectivity index (χ3n) is 2.10. The second-order valence-electron chi connectivity index (χ2n) is 3.38. The number of halogens is 1. The van der Waals surface area contributed by atoms with Crippen LogP contribution in [0.1, 0.15) is 23.8 Å². The van der Waals surface area contributed by atoms with Gasteiger partial charge in [-0.15, -0.1) is 0 Å². The van der Waals surface area contributed by atoms with E-state index in [2.05, 4.69) is 22.9 Å². The molecule has 0 unspecified atom stereocenters. The van der Waals surface area contributed by atoms with Crippen molar-refractivity contribution in [3.63, 3.8) is 0 Å². The van der Waals surface area contributed by atoms with Crippen molar-refractivity contribution in [3.8, 4) is 0 Å². The predicted molar refractivity (Wildman–Crippen MR) is 60.4 cm³/mol. The molecule has 0 spiro atoms. The van der Waals surface area contributed by atoms with Crippen LogP contribution in [0.15, 0.2) is 16.7 Å². The van der Waals surface area contributed by atoms with Gasteiger partial charge in [-0.2, -0.15) is 0 Å². The van der Waals surface area contributed by atoms with Gasteiger partial charge < -0.3 is 9.47 Å². The van der Waals surface area contributed by atoms with E-state index in [1.165, 1.54) is 0 Å². The fourth-order valence-corrected chi connectivity index (χ4v) is 1.89. The zero-order valence-corrected chi connectivity index (χ0v) is 10.3. The van der Waals surface area contributed by atoms with Crippen LogP contribution >= 0.6 is 15.9 Å². The highest BCUT2D eigenvalue weighted by Crippen LogP contribution is 2.14. The first-order valence-corrected chi connectivity index (χ1v) is 5.43. The van der Waals surface area contributed by atoms with Crippen molar-refractivity contribution < 1.29 is 4.79 Å². The van der Waals surface area contributed by atoms with Crippen LogP contribution in [0, 0.1) is 0 Å². The van der Waals surface area contributed by atoms with Crippen LogP contribution in [0.5, 0.6) is 0 Å². The van der Waals surface area contributed by atoms with Gasteiger partial charge in [-0.05, 0) is 28.4 Å². The topological polar surface area (TPSA) is 25.2 Å². The fraction of sp³-hybridized carbons (Fsp3) is 0.500. The first-order valence-electron chi connectivity index (χ1n) is 4.63. The molecule has 0 saturated heterocycles. The minimum absolute atomic E-state index is 0.0695. The molecule has 1 rings (SSSR count). The highest BCUT2D eigenvalue weighted by Gasteiger charge is 2.14. The van der Waals surface area contributed by atoms with Gasteiger partial charge in [0.15, 0.2) is 0 Å². The van der Waals surface area contributed by atoms with E-state index >= 15 is 0 Å². The minimum atomic E-state index is 0.0695. The molecule has 0 bridgehead atoms. The third-order valence-corrected chi connectivity index (χ3v) is 2.53. The lowest BCUT2D eigenvalue weighted by atomic mass is 10.3. The maximum atomic E-state index is 11.9. The number of hydrogen-bond acceptors (Lipinski definition) is 1. The maximum absolute atomic E-state index is 11.9. The Hall–Kier alpha value is -0.770. The number of carbonyl (C=O) groups is 1. The summed E-state index contributed by atoms with van der Waals surface area (Å²) in [5.74, 6) is 0.0695. The van der Waals surface area contributed by atoms with Gasteiger partial charge in [0.25, 0.3) is 5.91 Å². The molecule has 0 aromatic carbocycles.